The third kappa shape index (κ3) is 4.34. The summed E-state index contributed by atoms with van der Waals surface area (Å²) in [6.45, 7) is 11.3. The Kier molecular flexibility index (Phi) is 5.87. The van der Waals surface area contributed by atoms with Crippen LogP contribution in [0.3, 0.4) is 0 Å². The van der Waals surface area contributed by atoms with Crippen LogP contribution in [0.4, 0.5) is 0 Å². The standard InChI is InChI=1S/C20H32N6O/c1-12(2)26-11-16-7-8-17(9-18(16)24-26)23-20(21-6)22-10-13(3)19-14(4)25-27-15(19)5/h11-13,17H,7-10H2,1-6H3,(H2,21,22,23). The predicted octanol–water partition coefficient (Wildman–Crippen LogP) is 2.89. The molecule has 7 heteroatoms. The van der Waals surface area contributed by atoms with E-state index in [0.29, 0.717) is 18.0 Å². The van der Waals surface area contributed by atoms with E-state index in [4.69, 9.17) is 9.62 Å². The lowest BCUT2D eigenvalue weighted by molar-refractivity contribution is 0.391. The zero-order valence-electron chi connectivity index (χ0n) is 17.3. The molecule has 0 fully saturated rings. The van der Waals surface area contributed by atoms with Gasteiger partial charge in [0.2, 0.25) is 0 Å². The van der Waals surface area contributed by atoms with Crippen LogP contribution in [-0.2, 0) is 12.8 Å². The minimum Gasteiger partial charge on any atom is -0.361 e. The van der Waals surface area contributed by atoms with Gasteiger partial charge in [0.1, 0.15) is 5.76 Å². The molecule has 0 radical (unpaired) electrons. The first-order valence-corrected chi connectivity index (χ1v) is 9.85. The largest absolute Gasteiger partial charge is 0.361 e. The quantitative estimate of drug-likeness (QED) is 0.623. The van der Waals surface area contributed by atoms with E-state index in [1.54, 1.807) is 0 Å². The van der Waals surface area contributed by atoms with Gasteiger partial charge in [-0.15, -0.1) is 0 Å². The summed E-state index contributed by atoms with van der Waals surface area (Å²) in [5.74, 6) is 2.03. The fourth-order valence-electron chi connectivity index (χ4n) is 3.83. The van der Waals surface area contributed by atoms with Crippen LogP contribution in [0.2, 0.25) is 0 Å². The molecule has 3 rings (SSSR count). The summed E-state index contributed by atoms with van der Waals surface area (Å²) in [5, 5.41) is 15.8. The van der Waals surface area contributed by atoms with Crippen LogP contribution in [0.15, 0.2) is 15.7 Å². The average molecular weight is 373 g/mol. The van der Waals surface area contributed by atoms with Gasteiger partial charge >= 0.3 is 0 Å². The van der Waals surface area contributed by atoms with Crippen LogP contribution in [0, 0.1) is 13.8 Å². The molecular formula is C20H32N6O. The number of rotatable bonds is 5. The van der Waals surface area contributed by atoms with Crippen LogP contribution in [0.5, 0.6) is 0 Å². The molecule has 148 valence electrons. The van der Waals surface area contributed by atoms with Gasteiger partial charge in [0.15, 0.2) is 5.96 Å². The van der Waals surface area contributed by atoms with E-state index >= 15 is 0 Å². The van der Waals surface area contributed by atoms with Crippen molar-refractivity contribution in [2.24, 2.45) is 4.99 Å². The van der Waals surface area contributed by atoms with Gasteiger partial charge in [0.25, 0.3) is 0 Å². The summed E-state index contributed by atoms with van der Waals surface area (Å²) in [7, 11) is 1.82. The molecule has 2 N–H and O–H groups in total. The summed E-state index contributed by atoms with van der Waals surface area (Å²) in [6.07, 6.45) is 5.30. The van der Waals surface area contributed by atoms with Crippen molar-refractivity contribution in [3.63, 3.8) is 0 Å². The van der Waals surface area contributed by atoms with Crippen molar-refractivity contribution in [3.8, 4) is 0 Å². The Morgan fingerprint density at radius 2 is 2.15 bits per heavy atom. The second kappa shape index (κ2) is 8.15. The molecule has 0 aliphatic heterocycles. The zero-order valence-corrected chi connectivity index (χ0v) is 17.3. The van der Waals surface area contributed by atoms with Gasteiger partial charge in [-0.25, -0.2) is 0 Å². The average Bonchev–Trinajstić information content (AvgIpc) is 3.21. The number of hydrogen-bond donors (Lipinski definition) is 2. The summed E-state index contributed by atoms with van der Waals surface area (Å²) in [4.78, 5) is 4.40. The Balaban J connectivity index is 1.56. The highest BCUT2D eigenvalue weighted by atomic mass is 16.5. The molecule has 2 heterocycles. The van der Waals surface area contributed by atoms with E-state index in [-0.39, 0.29) is 0 Å². The maximum atomic E-state index is 5.29. The first-order valence-electron chi connectivity index (χ1n) is 9.85. The number of hydrogen-bond acceptors (Lipinski definition) is 4. The van der Waals surface area contributed by atoms with Gasteiger partial charge in [-0.1, -0.05) is 12.1 Å². The predicted molar refractivity (Wildman–Crippen MR) is 107 cm³/mol. The summed E-state index contributed by atoms with van der Waals surface area (Å²) >= 11 is 0. The van der Waals surface area contributed by atoms with Gasteiger partial charge in [-0.2, -0.15) is 5.10 Å². The Labute approximate surface area is 161 Å². The topological polar surface area (TPSA) is 80.3 Å². The number of nitrogens with one attached hydrogen (secondary N) is 2. The lowest BCUT2D eigenvalue weighted by Gasteiger charge is -2.25. The highest BCUT2D eigenvalue weighted by molar-refractivity contribution is 5.80. The van der Waals surface area contributed by atoms with Crippen LogP contribution >= 0.6 is 0 Å². The highest BCUT2D eigenvalue weighted by Gasteiger charge is 2.23. The molecule has 2 atom stereocenters. The molecular weight excluding hydrogens is 340 g/mol. The van der Waals surface area contributed by atoms with E-state index in [1.807, 2.05) is 20.9 Å². The van der Waals surface area contributed by atoms with E-state index in [9.17, 15) is 0 Å². The first kappa shape index (κ1) is 19.5. The molecule has 0 bridgehead atoms. The zero-order chi connectivity index (χ0) is 19.6. The third-order valence-corrected chi connectivity index (χ3v) is 5.35. The Morgan fingerprint density at radius 3 is 2.78 bits per heavy atom. The molecule has 1 aliphatic carbocycles. The number of nitrogens with zero attached hydrogens (tertiary/aromatic N) is 4. The van der Waals surface area contributed by atoms with Gasteiger partial charge in [-0.3, -0.25) is 9.67 Å². The van der Waals surface area contributed by atoms with E-state index in [1.165, 1.54) is 16.8 Å². The monoisotopic (exact) mass is 372 g/mol. The number of fused-ring (bicyclic) bond motifs is 1. The van der Waals surface area contributed by atoms with Gasteiger partial charge in [-0.05, 0) is 46.1 Å². The summed E-state index contributed by atoms with van der Waals surface area (Å²) in [5.41, 5.74) is 4.74. The maximum absolute atomic E-state index is 5.29. The fourth-order valence-corrected chi connectivity index (χ4v) is 3.83. The Hall–Kier alpha value is -2.31. The van der Waals surface area contributed by atoms with Crippen LogP contribution in [-0.4, -0.2) is 40.5 Å². The number of aryl methyl sites for hydroxylation is 3. The summed E-state index contributed by atoms with van der Waals surface area (Å²) in [6, 6.07) is 0.760. The number of aliphatic imine (C=N–C) groups is 1. The van der Waals surface area contributed by atoms with Crippen LogP contribution in [0.1, 0.15) is 67.4 Å². The lowest BCUT2D eigenvalue weighted by atomic mass is 9.94. The molecule has 2 aromatic heterocycles. The second-order valence-electron chi connectivity index (χ2n) is 7.85. The number of aromatic nitrogens is 3. The minimum absolute atomic E-state index is 0.300. The van der Waals surface area contributed by atoms with Crippen molar-refractivity contribution in [1.29, 1.82) is 0 Å². The van der Waals surface area contributed by atoms with Crippen molar-refractivity contribution in [1.82, 2.24) is 25.6 Å². The molecule has 2 aromatic rings. The maximum Gasteiger partial charge on any atom is 0.191 e. The van der Waals surface area contributed by atoms with Gasteiger partial charge in [0, 0.05) is 49.8 Å². The fraction of sp³-hybridized carbons (Fsp3) is 0.650. The van der Waals surface area contributed by atoms with Crippen molar-refractivity contribution >= 4 is 5.96 Å². The SMILES string of the molecule is CN=C(NCC(C)c1c(C)noc1C)NC1CCc2cn(C(C)C)nc2C1. The molecule has 27 heavy (non-hydrogen) atoms. The van der Waals surface area contributed by atoms with Crippen molar-refractivity contribution < 1.29 is 4.52 Å². The molecule has 1 aliphatic rings. The highest BCUT2D eigenvalue weighted by Crippen LogP contribution is 2.23. The van der Waals surface area contributed by atoms with Crippen molar-refractivity contribution in [2.75, 3.05) is 13.6 Å². The second-order valence-corrected chi connectivity index (χ2v) is 7.85. The Bertz CT molecular complexity index is 784. The van der Waals surface area contributed by atoms with Crippen LogP contribution in [0.25, 0.3) is 0 Å². The molecule has 0 spiro atoms. The molecule has 2 unspecified atom stereocenters. The minimum atomic E-state index is 0.300. The normalized spacial score (nSPS) is 18.5. The van der Waals surface area contributed by atoms with Gasteiger partial charge < -0.3 is 15.2 Å². The Morgan fingerprint density at radius 1 is 1.37 bits per heavy atom. The van der Waals surface area contributed by atoms with Crippen molar-refractivity contribution in [2.45, 2.75) is 71.9 Å². The van der Waals surface area contributed by atoms with E-state index < -0.39 is 0 Å². The molecule has 0 amide bonds. The van der Waals surface area contributed by atoms with E-state index in [2.05, 4.69) is 52.4 Å². The number of guanidine groups is 1. The van der Waals surface area contributed by atoms with Crippen LogP contribution < -0.4 is 10.6 Å². The summed E-state index contributed by atoms with van der Waals surface area (Å²) < 4.78 is 7.37. The van der Waals surface area contributed by atoms with E-state index in [0.717, 1.165) is 43.2 Å². The van der Waals surface area contributed by atoms with Crippen molar-refractivity contribution in [3.05, 3.63) is 34.5 Å². The molecule has 0 aromatic carbocycles. The molecule has 7 nitrogen and oxygen atoms in total. The first-order chi connectivity index (χ1) is 12.9. The molecule has 0 saturated heterocycles. The smallest absolute Gasteiger partial charge is 0.191 e. The lowest BCUT2D eigenvalue weighted by Crippen LogP contribution is -2.46. The third-order valence-electron chi connectivity index (χ3n) is 5.35. The van der Waals surface area contributed by atoms with Gasteiger partial charge in [0.05, 0.1) is 11.4 Å². The molecule has 0 saturated carbocycles.